The van der Waals surface area contributed by atoms with Gasteiger partial charge in [0.1, 0.15) is 0 Å². The van der Waals surface area contributed by atoms with Gasteiger partial charge in [-0.1, -0.05) is 40.5 Å². The molecular formula is C17H28O4. The fourth-order valence-corrected chi connectivity index (χ4v) is 3.78. The van der Waals surface area contributed by atoms with E-state index in [0.29, 0.717) is 12.8 Å². The Morgan fingerprint density at radius 3 is 1.76 bits per heavy atom. The summed E-state index contributed by atoms with van der Waals surface area (Å²) in [5.41, 5.74) is -1.10. The lowest BCUT2D eigenvalue weighted by Crippen LogP contribution is -2.52. The van der Waals surface area contributed by atoms with Crippen LogP contribution in [0, 0.1) is 23.2 Å². The number of carbonyl (C=O) groups is 2. The van der Waals surface area contributed by atoms with E-state index in [2.05, 4.69) is 0 Å². The van der Waals surface area contributed by atoms with Crippen LogP contribution < -0.4 is 0 Å². The maximum atomic E-state index is 12.6. The zero-order valence-electron chi connectivity index (χ0n) is 13.7. The van der Waals surface area contributed by atoms with Crippen LogP contribution in [0.15, 0.2) is 0 Å². The molecule has 4 heteroatoms. The molecule has 0 aromatic rings. The van der Waals surface area contributed by atoms with E-state index in [-0.39, 0.29) is 29.7 Å². The van der Waals surface area contributed by atoms with E-state index in [1.54, 1.807) is 0 Å². The van der Waals surface area contributed by atoms with Gasteiger partial charge in [-0.3, -0.25) is 9.59 Å². The number of esters is 2. The second-order valence-electron chi connectivity index (χ2n) is 7.50. The third kappa shape index (κ3) is 3.41. The third-order valence-electron chi connectivity index (χ3n) is 4.53. The molecule has 0 aromatic carbocycles. The first-order chi connectivity index (χ1) is 9.85. The average Bonchev–Trinajstić information content (AvgIpc) is 2.87. The highest BCUT2D eigenvalue weighted by atomic mass is 16.7. The molecule has 1 aliphatic carbocycles. The molecule has 0 bridgehead atoms. The Hall–Kier alpha value is -1.06. The quantitative estimate of drug-likeness (QED) is 0.573. The van der Waals surface area contributed by atoms with Gasteiger partial charge in [-0.05, 0) is 37.5 Å². The van der Waals surface area contributed by atoms with E-state index >= 15 is 0 Å². The van der Waals surface area contributed by atoms with Crippen molar-refractivity contribution in [1.29, 1.82) is 0 Å². The van der Waals surface area contributed by atoms with Crippen molar-refractivity contribution < 1.29 is 19.1 Å². The second-order valence-corrected chi connectivity index (χ2v) is 7.50. The van der Waals surface area contributed by atoms with E-state index in [9.17, 15) is 9.59 Å². The summed E-state index contributed by atoms with van der Waals surface area (Å²) in [6, 6.07) is 0. The Labute approximate surface area is 127 Å². The molecule has 120 valence electrons. The van der Waals surface area contributed by atoms with Gasteiger partial charge in [-0.25, -0.2) is 0 Å². The molecule has 1 heterocycles. The van der Waals surface area contributed by atoms with Crippen LogP contribution in [0.1, 0.15) is 66.2 Å². The van der Waals surface area contributed by atoms with Crippen LogP contribution in [0.4, 0.5) is 0 Å². The van der Waals surface area contributed by atoms with Gasteiger partial charge < -0.3 is 9.47 Å². The Morgan fingerprint density at radius 2 is 1.38 bits per heavy atom. The summed E-state index contributed by atoms with van der Waals surface area (Å²) in [7, 11) is 0. The highest BCUT2D eigenvalue weighted by molar-refractivity contribution is 6.01. The fraction of sp³-hybridized carbons (Fsp3) is 0.882. The number of cyclic esters (lactones) is 2. The molecule has 0 radical (unpaired) electrons. The molecule has 1 saturated heterocycles. The summed E-state index contributed by atoms with van der Waals surface area (Å²) in [6.45, 7) is 8.08. The lowest BCUT2D eigenvalue weighted by molar-refractivity contribution is -0.235. The largest absolute Gasteiger partial charge is 0.424 e. The fourth-order valence-electron chi connectivity index (χ4n) is 3.78. The molecule has 2 rings (SSSR count). The molecule has 0 unspecified atom stereocenters. The smallest absolute Gasteiger partial charge is 0.326 e. The van der Waals surface area contributed by atoms with Gasteiger partial charge >= 0.3 is 11.9 Å². The molecule has 1 aliphatic heterocycles. The predicted octanol–water partition coefficient (Wildman–Crippen LogP) is 3.68. The van der Waals surface area contributed by atoms with Crippen molar-refractivity contribution >= 4 is 11.9 Å². The minimum Gasteiger partial charge on any atom is -0.424 e. The first-order valence-corrected chi connectivity index (χ1v) is 8.27. The maximum Gasteiger partial charge on any atom is 0.326 e. The molecule has 0 N–H and O–H groups in total. The Morgan fingerprint density at radius 1 is 0.952 bits per heavy atom. The zero-order valence-corrected chi connectivity index (χ0v) is 13.7. The summed E-state index contributed by atoms with van der Waals surface area (Å²) < 4.78 is 11.2. The molecule has 0 atom stereocenters. The predicted molar refractivity (Wildman–Crippen MR) is 79.3 cm³/mol. The molecule has 21 heavy (non-hydrogen) atoms. The highest BCUT2D eigenvalue weighted by Crippen LogP contribution is 2.42. The normalized spacial score (nSPS) is 23.7. The lowest BCUT2D eigenvalue weighted by Gasteiger charge is -2.40. The number of carbonyl (C=O) groups excluding carboxylic acids is 2. The van der Waals surface area contributed by atoms with Crippen LogP contribution in [0.5, 0.6) is 0 Å². The second kappa shape index (κ2) is 6.37. The van der Waals surface area contributed by atoms with Gasteiger partial charge in [0, 0.05) is 5.92 Å². The molecule has 0 amide bonds. The first kappa shape index (κ1) is 16.3. The summed E-state index contributed by atoms with van der Waals surface area (Å²) in [6.07, 6.45) is 4.55. The summed E-state index contributed by atoms with van der Waals surface area (Å²) >= 11 is 0. The molecule has 0 spiro atoms. The average molecular weight is 296 g/mol. The summed E-state index contributed by atoms with van der Waals surface area (Å²) in [5.74, 6) is -0.0520. The third-order valence-corrected chi connectivity index (χ3v) is 4.53. The summed E-state index contributed by atoms with van der Waals surface area (Å²) in [4.78, 5) is 25.3. The number of hydrogen-bond donors (Lipinski definition) is 0. The van der Waals surface area contributed by atoms with Crippen LogP contribution in [0.2, 0.25) is 0 Å². The lowest BCUT2D eigenvalue weighted by atomic mass is 9.73. The minimum absolute atomic E-state index is 0.189. The topological polar surface area (TPSA) is 52.6 Å². The number of hydrogen-bond acceptors (Lipinski definition) is 4. The van der Waals surface area contributed by atoms with Crippen molar-refractivity contribution in [3.8, 4) is 0 Å². The SMILES string of the molecule is CC(C)CC1(CC(C)C)C(=O)OC(C2CCCC2)OC1=O. The first-order valence-electron chi connectivity index (χ1n) is 8.27. The van der Waals surface area contributed by atoms with Crippen molar-refractivity contribution in [2.24, 2.45) is 23.2 Å². The van der Waals surface area contributed by atoms with E-state index < -0.39 is 11.7 Å². The van der Waals surface area contributed by atoms with Crippen LogP contribution in [0.3, 0.4) is 0 Å². The number of rotatable bonds is 5. The molecule has 2 aliphatic rings. The van der Waals surface area contributed by atoms with Gasteiger partial charge in [0.25, 0.3) is 0 Å². The maximum absolute atomic E-state index is 12.6. The van der Waals surface area contributed by atoms with Crippen LogP contribution in [-0.4, -0.2) is 18.2 Å². The minimum atomic E-state index is -1.10. The van der Waals surface area contributed by atoms with Crippen LogP contribution >= 0.6 is 0 Å². The van der Waals surface area contributed by atoms with E-state index in [0.717, 1.165) is 25.7 Å². The molecule has 0 aromatic heterocycles. The van der Waals surface area contributed by atoms with Crippen molar-refractivity contribution in [3.05, 3.63) is 0 Å². The summed E-state index contributed by atoms with van der Waals surface area (Å²) in [5, 5.41) is 0. The van der Waals surface area contributed by atoms with E-state index in [1.807, 2.05) is 27.7 Å². The van der Waals surface area contributed by atoms with Crippen molar-refractivity contribution in [1.82, 2.24) is 0 Å². The monoisotopic (exact) mass is 296 g/mol. The van der Waals surface area contributed by atoms with E-state index in [1.165, 1.54) is 0 Å². The molecule has 2 fully saturated rings. The van der Waals surface area contributed by atoms with Crippen molar-refractivity contribution in [2.75, 3.05) is 0 Å². The zero-order chi connectivity index (χ0) is 15.6. The molecule has 4 nitrogen and oxygen atoms in total. The van der Waals surface area contributed by atoms with E-state index in [4.69, 9.17) is 9.47 Å². The van der Waals surface area contributed by atoms with Crippen molar-refractivity contribution in [2.45, 2.75) is 72.5 Å². The van der Waals surface area contributed by atoms with Gasteiger partial charge in [0.2, 0.25) is 6.29 Å². The van der Waals surface area contributed by atoms with Crippen LogP contribution in [0.25, 0.3) is 0 Å². The van der Waals surface area contributed by atoms with Gasteiger partial charge in [-0.2, -0.15) is 0 Å². The van der Waals surface area contributed by atoms with Gasteiger partial charge in [0.15, 0.2) is 5.41 Å². The van der Waals surface area contributed by atoms with Crippen LogP contribution in [-0.2, 0) is 19.1 Å². The highest BCUT2D eigenvalue weighted by Gasteiger charge is 2.55. The van der Waals surface area contributed by atoms with Gasteiger partial charge in [-0.15, -0.1) is 0 Å². The van der Waals surface area contributed by atoms with Gasteiger partial charge in [0.05, 0.1) is 0 Å². The Bertz CT molecular complexity index is 364. The Balaban J connectivity index is 2.18. The molecular weight excluding hydrogens is 268 g/mol. The van der Waals surface area contributed by atoms with Crippen molar-refractivity contribution in [3.63, 3.8) is 0 Å². The molecule has 1 saturated carbocycles. The number of ether oxygens (including phenoxy) is 2. The Kier molecular flexibility index (Phi) is 4.95. The standard InChI is InChI=1S/C17H28O4/c1-11(2)9-17(10-12(3)4)15(18)20-14(21-16(17)19)13-7-5-6-8-13/h11-14H,5-10H2,1-4H3.